The molecule has 1 saturated heterocycles. The van der Waals surface area contributed by atoms with Crippen molar-refractivity contribution in [2.75, 3.05) is 31.6 Å². The van der Waals surface area contributed by atoms with E-state index in [4.69, 9.17) is 0 Å². The van der Waals surface area contributed by atoms with Gasteiger partial charge in [0.05, 0.1) is 0 Å². The Morgan fingerprint density at radius 1 is 1.39 bits per heavy atom. The Hall–Kier alpha value is -0.650. The molecule has 0 aromatic carbocycles. The number of thiazole rings is 1. The standard InChI is InChI=1S/C13H24N4S/c1-5-14-6-12-7-15-13(18-12)17-8-10(2)16(4)11(3)9-17/h7,10-11,14H,5-6,8-9H2,1-4H3. The fourth-order valence-electron chi connectivity index (χ4n) is 2.33. The highest BCUT2D eigenvalue weighted by Crippen LogP contribution is 2.26. The Kier molecular flexibility index (Phi) is 4.59. The summed E-state index contributed by atoms with van der Waals surface area (Å²) < 4.78 is 0. The first-order valence-electron chi connectivity index (χ1n) is 6.74. The van der Waals surface area contributed by atoms with E-state index in [1.165, 1.54) is 10.0 Å². The Morgan fingerprint density at radius 2 is 2.06 bits per heavy atom. The Labute approximate surface area is 114 Å². The van der Waals surface area contributed by atoms with Crippen molar-refractivity contribution in [2.24, 2.45) is 0 Å². The van der Waals surface area contributed by atoms with E-state index in [-0.39, 0.29) is 0 Å². The van der Waals surface area contributed by atoms with Gasteiger partial charge in [0.1, 0.15) is 0 Å². The lowest BCUT2D eigenvalue weighted by Gasteiger charge is -2.42. The molecule has 5 heteroatoms. The van der Waals surface area contributed by atoms with E-state index < -0.39 is 0 Å². The fraction of sp³-hybridized carbons (Fsp3) is 0.769. The van der Waals surface area contributed by atoms with E-state index in [0.29, 0.717) is 12.1 Å². The maximum atomic E-state index is 4.57. The SMILES string of the molecule is CCNCc1cnc(N2CC(C)N(C)C(C)C2)s1. The summed E-state index contributed by atoms with van der Waals surface area (Å²) in [7, 11) is 2.21. The average molecular weight is 268 g/mol. The summed E-state index contributed by atoms with van der Waals surface area (Å²) in [6.45, 7) is 10.8. The summed E-state index contributed by atoms with van der Waals surface area (Å²) in [5.41, 5.74) is 0. The van der Waals surface area contributed by atoms with Crippen molar-refractivity contribution in [2.45, 2.75) is 39.4 Å². The summed E-state index contributed by atoms with van der Waals surface area (Å²) in [6.07, 6.45) is 2.01. The smallest absolute Gasteiger partial charge is 0.185 e. The average Bonchev–Trinajstić information content (AvgIpc) is 2.81. The highest BCUT2D eigenvalue weighted by molar-refractivity contribution is 7.15. The third-order valence-corrected chi connectivity index (χ3v) is 4.78. The summed E-state index contributed by atoms with van der Waals surface area (Å²) in [5.74, 6) is 0. The highest BCUT2D eigenvalue weighted by Gasteiger charge is 2.27. The predicted octanol–water partition coefficient (Wildman–Crippen LogP) is 1.78. The molecule has 4 nitrogen and oxygen atoms in total. The van der Waals surface area contributed by atoms with E-state index in [0.717, 1.165) is 26.2 Å². The Balaban J connectivity index is 2.01. The quantitative estimate of drug-likeness (QED) is 0.902. The third-order valence-electron chi connectivity index (χ3n) is 3.72. The van der Waals surface area contributed by atoms with Crippen molar-refractivity contribution in [3.63, 3.8) is 0 Å². The Bertz CT molecular complexity index is 367. The molecular weight excluding hydrogens is 244 g/mol. The molecule has 1 N–H and O–H groups in total. The van der Waals surface area contributed by atoms with Gasteiger partial charge in [-0.3, -0.25) is 4.90 Å². The zero-order chi connectivity index (χ0) is 13.1. The van der Waals surface area contributed by atoms with Crippen LogP contribution >= 0.6 is 11.3 Å². The van der Waals surface area contributed by atoms with Gasteiger partial charge in [-0.2, -0.15) is 0 Å². The van der Waals surface area contributed by atoms with Gasteiger partial charge in [0, 0.05) is 42.8 Å². The molecule has 0 bridgehead atoms. The van der Waals surface area contributed by atoms with Crippen molar-refractivity contribution < 1.29 is 0 Å². The number of likely N-dealkylation sites (N-methyl/N-ethyl adjacent to an activating group) is 1. The van der Waals surface area contributed by atoms with Gasteiger partial charge in [0.2, 0.25) is 0 Å². The van der Waals surface area contributed by atoms with E-state index in [1.807, 2.05) is 17.5 Å². The van der Waals surface area contributed by atoms with E-state index in [9.17, 15) is 0 Å². The second-order valence-electron chi connectivity index (χ2n) is 5.16. The minimum absolute atomic E-state index is 0.592. The molecule has 0 amide bonds. The van der Waals surface area contributed by atoms with Crippen LogP contribution in [0.5, 0.6) is 0 Å². The molecule has 1 aliphatic rings. The van der Waals surface area contributed by atoms with Gasteiger partial charge in [0.15, 0.2) is 5.13 Å². The number of anilines is 1. The second-order valence-corrected chi connectivity index (χ2v) is 6.25. The van der Waals surface area contributed by atoms with Crippen LogP contribution in [0, 0.1) is 0 Å². The molecule has 0 spiro atoms. The van der Waals surface area contributed by atoms with Gasteiger partial charge in [-0.05, 0) is 27.4 Å². The second kappa shape index (κ2) is 5.99. The van der Waals surface area contributed by atoms with Crippen LogP contribution in [0.1, 0.15) is 25.6 Å². The van der Waals surface area contributed by atoms with Gasteiger partial charge in [-0.1, -0.05) is 6.92 Å². The predicted molar refractivity (Wildman–Crippen MR) is 78.4 cm³/mol. The van der Waals surface area contributed by atoms with E-state index >= 15 is 0 Å². The van der Waals surface area contributed by atoms with Gasteiger partial charge in [0.25, 0.3) is 0 Å². The normalized spacial score (nSPS) is 25.7. The highest BCUT2D eigenvalue weighted by atomic mass is 32.1. The monoisotopic (exact) mass is 268 g/mol. The van der Waals surface area contributed by atoms with Crippen molar-refractivity contribution >= 4 is 16.5 Å². The minimum Gasteiger partial charge on any atom is -0.345 e. The summed E-state index contributed by atoms with van der Waals surface area (Å²) in [4.78, 5) is 10.8. The maximum absolute atomic E-state index is 4.57. The van der Waals surface area contributed by atoms with Crippen molar-refractivity contribution in [3.05, 3.63) is 11.1 Å². The van der Waals surface area contributed by atoms with E-state index in [2.05, 4.69) is 47.9 Å². The van der Waals surface area contributed by atoms with Crippen molar-refractivity contribution in [1.29, 1.82) is 0 Å². The minimum atomic E-state index is 0.592. The topological polar surface area (TPSA) is 31.4 Å². The maximum Gasteiger partial charge on any atom is 0.185 e. The molecule has 1 aliphatic heterocycles. The number of hydrogen-bond donors (Lipinski definition) is 1. The van der Waals surface area contributed by atoms with Crippen LogP contribution in [0.25, 0.3) is 0 Å². The van der Waals surface area contributed by atoms with Crippen LogP contribution < -0.4 is 10.2 Å². The van der Waals surface area contributed by atoms with Crippen molar-refractivity contribution in [1.82, 2.24) is 15.2 Å². The van der Waals surface area contributed by atoms with E-state index in [1.54, 1.807) is 0 Å². The number of rotatable bonds is 4. The van der Waals surface area contributed by atoms with Crippen LogP contribution in [0.3, 0.4) is 0 Å². The molecule has 2 atom stereocenters. The number of piperazine rings is 1. The largest absolute Gasteiger partial charge is 0.345 e. The summed E-state index contributed by atoms with van der Waals surface area (Å²) in [6, 6.07) is 1.18. The van der Waals surface area contributed by atoms with Crippen LogP contribution in [-0.4, -0.2) is 48.6 Å². The number of hydrogen-bond acceptors (Lipinski definition) is 5. The lowest BCUT2D eigenvalue weighted by atomic mass is 10.1. The molecule has 2 unspecified atom stereocenters. The fourth-order valence-corrected chi connectivity index (χ4v) is 3.23. The summed E-state index contributed by atoms with van der Waals surface area (Å²) in [5, 5.41) is 4.52. The molecule has 0 aliphatic carbocycles. The molecule has 0 saturated carbocycles. The van der Waals surface area contributed by atoms with Gasteiger partial charge in [-0.25, -0.2) is 4.98 Å². The zero-order valence-electron chi connectivity index (χ0n) is 11.8. The molecule has 1 aromatic heterocycles. The van der Waals surface area contributed by atoms with Crippen LogP contribution in [0.15, 0.2) is 6.20 Å². The first kappa shape index (κ1) is 13.8. The molecular formula is C13H24N4S. The third kappa shape index (κ3) is 3.02. The zero-order valence-corrected chi connectivity index (χ0v) is 12.6. The van der Waals surface area contributed by atoms with Crippen LogP contribution in [-0.2, 0) is 6.54 Å². The van der Waals surface area contributed by atoms with Gasteiger partial charge in [-0.15, -0.1) is 11.3 Å². The van der Waals surface area contributed by atoms with Crippen molar-refractivity contribution in [3.8, 4) is 0 Å². The van der Waals surface area contributed by atoms with Crippen LogP contribution in [0.2, 0.25) is 0 Å². The van der Waals surface area contributed by atoms with Gasteiger partial charge >= 0.3 is 0 Å². The van der Waals surface area contributed by atoms with Crippen LogP contribution in [0.4, 0.5) is 5.13 Å². The first-order chi connectivity index (χ1) is 8.61. The molecule has 102 valence electrons. The lowest BCUT2D eigenvalue weighted by molar-refractivity contribution is 0.170. The van der Waals surface area contributed by atoms with Gasteiger partial charge < -0.3 is 10.2 Å². The molecule has 2 heterocycles. The molecule has 2 rings (SSSR count). The molecule has 1 aromatic rings. The number of nitrogens with zero attached hydrogens (tertiary/aromatic N) is 3. The molecule has 18 heavy (non-hydrogen) atoms. The number of aromatic nitrogens is 1. The molecule has 1 fully saturated rings. The molecule has 0 radical (unpaired) electrons. The summed E-state index contributed by atoms with van der Waals surface area (Å²) >= 11 is 1.82. The first-order valence-corrected chi connectivity index (χ1v) is 7.55. The number of nitrogens with one attached hydrogen (secondary N) is 1. The Morgan fingerprint density at radius 3 is 2.67 bits per heavy atom. The lowest BCUT2D eigenvalue weighted by Crippen LogP contribution is -2.55.